The Hall–Kier alpha value is -1.20. The van der Waals surface area contributed by atoms with E-state index in [1.54, 1.807) is 13.0 Å². The first-order chi connectivity index (χ1) is 8.66. The summed E-state index contributed by atoms with van der Waals surface area (Å²) in [7, 11) is 0. The molecule has 102 valence electrons. The van der Waals surface area contributed by atoms with Crippen LogP contribution in [0.4, 0.5) is 4.39 Å². The SMILES string of the molecule is CC.Cc1ccnc(F)c1OCC1CC(O)CN1. The van der Waals surface area contributed by atoms with Gasteiger partial charge in [0.05, 0.1) is 6.10 Å². The molecule has 0 bridgehead atoms. The van der Waals surface area contributed by atoms with Crippen LogP contribution < -0.4 is 10.1 Å². The van der Waals surface area contributed by atoms with E-state index in [-0.39, 0.29) is 17.9 Å². The van der Waals surface area contributed by atoms with Crippen molar-refractivity contribution in [3.05, 3.63) is 23.8 Å². The van der Waals surface area contributed by atoms with Crippen LogP contribution in [0.25, 0.3) is 0 Å². The zero-order chi connectivity index (χ0) is 13.5. The van der Waals surface area contributed by atoms with Crippen LogP contribution >= 0.6 is 0 Å². The molecule has 1 saturated heterocycles. The average molecular weight is 256 g/mol. The number of aromatic nitrogens is 1. The van der Waals surface area contributed by atoms with Crippen LogP contribution in [0.3, 0.4) is 0 Å². The van der Waals surface area contributed by atoms with E-state index in [2.05, 4.69) is 10.3 Å². The van der Waals surface area contributed by atoms with Gasteiger partial charge in [-0.15, -0.1) is 0 Å². The lowest BCUT2D eigenvalue weighted by Gasteiger charge is -2.13. The number of rotatable bonds is 3. The first-order valence-electron chi connectivity index (χ1n) is 6.32. The van der Waals surface area contributed by atoms with Gasteiger partial charge in [0.25, 0.3) is 5.95 Å². The molecule has 2 heterocycles. The van der Waals surface area contributed by atoms with E-state index in [9.17, 15) is 9.50 Å². The van der Waals surface area contributed by atoms with Crippen LogP contribution in [0.2, 0.25) is 0 Å². The van der Waals surface area contributed by atoms with E-state index < -0.39 is 5.95 Å². The highest BCUT2D eigenvalue weighted by molar-refractivity contribution is 5.29. The van der Waals surface area contributed by atoms with Crippen LogP contribution in [0, 0.1) is 12.9 Å². The molecule has 1 aromatic heterocycles. The lowest BCUT2D eigenvalue weighted by atomic mass is 10.2. The second kappa shape index (κ2) is 7.28. The first-order valence-corrected chi connectivity index (χ1v) is 6.32. The maximum atomic E-state index is 13.3. The second-order valence-electron chi connectivity index (χ2n) is 4.05. The standard InChI is InChI=1S/C11H15FN2O2.C2H6/c1-7-2-3-13-11(12)10(7)16-6-8-4-9(15)5-14-8;1-2/h2-3,8-9,14-15H,4-6H2,1H3;1-2H3. The fourth-order valence-electron chi connectivity index (χ4n) is 1.79. The Morgan fingerprint density at radius 3 is 2.83 bits per heavy atom. The molecule has 0 aromatic carbocycles. The summed E-state index contributed by atoms with van der Waals surface area (Å²) in [4.78, 5) is 3.54. The third-order valence-corrected chi connectivity index (χ3v) is 2.69. The van der Waals surface area contributed by atoms with E-state index in [1.807, 2.05) is 13.8 Å². The molecule has 5 heteroatoms. The minimum Gasteiger partial charge on any atom is -0.487 e. The van der Waals surface area contributed by atoms with E-state index in [1.165, 1.54) is 6.20 Å². The number of ether oxygens (including phenoxy) is 1. The summed E-state index contributed by atoms with van der Waals surface area (Å²) in [6, 6.07) is 1.78. The van der Waals surface area contributed by atoms with Crippen molar-refractivity contribution in [3.8, 4) is 5.75 Å². The number of pyridine rings is 1. The van der Waals surface area contributed by atoms with Crippen molar-refractivity contribution in [1.82, 2.24) is 10.3 Å². The molecule has 0 amide bonds. The van der Waals surface area contributed by atoms with Gasteiger partial charge in [0.1, 0.15) is 6.61 Å². The van der Waals surface area contributed by atoms with E-state index >= 15 is 0 Å². The topological polar surface area (TPSA) is 54.4 Å². The third-order valence-electron chi connectivity index (χ3n) is 2.69. The minimum absolute atomic E-state index is 0.0778. The van der Waals surface area contributed by atoms with Crippen LogP contribution in [-0.4, -0.2) is 35.4 Å². The Morgan fingerprint density at radius 1 is 1.56 bits per heavy atom. The largest absolute Gasteiger partial charge is 0.487 e. The van der Waals surface area contributed by atoms with Crippen LogP contribution in [-0.2, 0) is 0 Å². The fourth-order valence-corrected chi connectivity index (χ4v) is 1.79. The van der Waals surface area contributed by atoms with Crippen molar-refractivity contribution in [2.45, 2.75) is 39.3 Å². The fraction of sp³-hybridized carbons (Fsp3) is 0.615. The van der Waals surface area contributed by atoms with Gasteiger partial charge in [-0.1, -0.05) is 13.8 Å². The van der Waals surface area contributed by atoms with Gasteiger partial charge in [-0.05, 0) is 25.0 Å². The zero-order valence-electron chi connectivity index (χ0n) is 11.1. The Bertz CT molecular complexity index is 354. The molecule has 2 rings (SSSR count). The lowest BCUT2D eigenvalue weighted by molar-refractivity contribution is 0.186. The summed E-state index contributed by atoms with van der Waals surface area (Å²) in [6.45, 7) is 6.69. The number of halogens is 1. The summed E-state index contributed by atoms with van der Waals surface area (Å²) in [5.41, 5.74) is 0.728. The number of nitrogens with zero attached hydrogens (tertiary/aromatic N) is 1. The molecule has 1 aliphatic rings. The van der Waals surface area contributed by atoms with E-state index in [0.29, 0.717) is 19.6 Å². The third kappa shape index (κ3) is 3.92. The quantitative estimate of drug-likeness (QED) is 0.808. The molecule has 2 N–H and O–H groups in total. The summed E-state index contributed by atoms with van der Waals surface area (Å²) >= 11 is 0. The summed E-state index contributed by atoms with van der Waals surface area (Å²) in [5, 5.41) is 12.4. The molecule has 4 nitrogen and oxygen atoms in total. The zero-order valence-corrected chi connectivity index (χ0v) is 11.1. The van der Waals surface area contributed by atoms with Crippen LogP contribution in [0.1, 0.15) is 25.8 Å². The van der Waals surface area contributed by atoms with Gasteiger partial charge in [-0.2, -0.15) is 4.39 Å². The number of aryl methyl sites for hydroxylation is 1. The van der Waals surface area contributed by atoms with Crippen molar-refractivity contribution < 1.29 is 14.2 Å². The molecule has 0 radical (unpaired) electrons. The molecule has 1 aromatic rings. The maximum Gasteiger partial charge on any atom is 0.255 e. The highest BCUT2D eigenvalue weighted by Gasteiger charge is 2.23. The summed E-state index contributed by atoms with van der Waals surface area (Å²) in [5.74, 6) is -0.385. The predicted octanol–water partition coefficient (Wildman–Crippen LogP) is 1.66. The number of aliphatic hydroxyl groups excluding tert-OH is 1. The minimum atomic E-state index is -0.585. The first kappa shape index (κ1) is 14.9. The molecule has 2 atom stereocenters. The number of hydrogen-bond acceptors (Lipinski definition) is 4. The Kier molecular flexibility index (Phi) is 6.01. The van der Waals surface area contributed by atoms with Gasteiger partial charge in [-0.25, -0.2) is 4.98 Å². The number of β-amino-alcohol motifs (C(OH)–C–C–N with tert-alkyl or cyclic N) is 1. The van der Waals surface area contributed by atoms with Gasteiger partial charge in [0.15, 0.2) is 5.75 Å². The highest BCUT2D eigenvalue weighted by Crippen LogP contribution is 2.20. The van der Waals surface area contributed by atoms with Gasteiger partial charge in [0, 0.05) is 18.8 Å². The Morgan fingerprint density at radius 2 is 2.28 bits per heavy atom. The molecule has 0 saturated carbocycles. The monoisotopic (exact) mass is 256 g/mol. The van der Waals surface area contributed by atoms with Crippen molar-refractivity contribution in [2.75, 3.05) is 13.2 Å². The van der Waals surface area contributed by atoms with Crippen LogP contribution in [0.15, 0.2) is 12.3 Å². The Balaban J connectivity index is 0.000000771. The number of aliphatic hydroxyl groups is 1. The molecule has 0 spiro atoms. The smallest absolute Gasteiger partial charge is 0.255 e. The van der Waals surface area contributed by atoms with Crippen molar-refractivity contribution in [2.24, 2.45) is 0 Å². The lowest BCUT2D eigenvalue weighted by Crippen LogP contribution is -2.28. The number of hydrogen-bond donors (Lipinski definition) is 2. The molecule has 1 fully saturated rings. The molecular formula is C13H21FN2O2. The second-order valence-corrected chi connectivity index (χ2v) is 4.05. The van der Waals surface area contributed by atoms with Crippen molar-refractivity contribution in [3.63, 3.8) is 0 Å². The van der Waals surface area contributed by atoms with Gasteiger partial charge in [0.2, 0.25) is 0 Å². The Labute approximate surface area is 107 Å². The van der Waals surface area contributed by atoms with Crippen molar-refractivity contribution in [1.29, 1.82) is 0 Å². The van der Waals surface area contributed by atoms with Crippen LogP contribution in [0.5, 0.6) is 5.75 Å². The number of nitrogens with one attached hydrogen (secondary N) is 1. The van der Waals surface area contributed by atoms with Gasteiger partial charge >= 0.3 is 0 Å². The molecule has 18 heavy (non-hydrogen) atoms. The highest BCUT2D eigenvalue weighted by atomic mass is 19.1. The average Bonchev–Trinajstić information content (AvgIpc) is 2.77. The molecule has 2 unspecified atom stereocenters. The maximum absolute atomic E-state index is 13.3. The summed E-state index contributed by atoms with van der Waals surface area (Å²) in [6.07, 6.45) is 1.73. The molecule has 0 aliphatic carbocycles. The van der Waals surface area contributed by atoms with E-state index in [0.717, 1.165) is 5.56 Å². The van der Waals surface area contributed by atoms with Gasteiger partial charge < -0.3 is 15.2 Å². The normalized spacial score (nSPS) is 22.3. The van der Waals surface area contributed by atoms with Crippen molar-refractivity contribution >= 4 is 0 Å². The predicted molar refractivity (Wildman–Crippen MR) is 68.2 cm³/mol. The van der Waals surface area contributed by atoms with E-state index in [4.69, 9.17) is 4.74 Å². The summed E-state index contributed by atoms with van der Waals surface area (Å²) < 4.78 is 18.7. The molecule has 1 aliphatic heterocycles. The van der Waals surface area contributed by atoms with Gasteiger partial charge in [-0.3, -0.25) is 0 Å². The molecular weight excluding hydrogens is 235 g/mol.